The maximum atomic E-state index is 12.2. The average Bonchev–Trinajstić information content (AvgIpc) is 2.39. The van der Waals surface area contributed by atoms with Gasteiger partial charge in [0.15, 0.2) is 5.25 Å². The molecule has 0 bridgehead atoms. The molecule has 0 saturated carbocycles. The second-order valence-corrected chi connectivity index (χ2v) is 6.65. The predicted octanol–water partition coefficient (Wildman–Crippen LogP) is 3.49. The van der Waals surface area contributed by atoms with Crippen LogP contribution in [0.5, 0.6) is 0 Å². The molecule has 0 aliphatic heterocycles. The molecule has 1 rings (SSSR count). The van der Waals surface area contributed by atoms with Crippen LogP contribution in [0.2, 0.25) is 5.02 Å². The van der Waals surface area contributed by atoms with Crippen LogP contribution in [0.3, 0.4) is 0 Å². The van der Waals surface area contributed by atoms with Gasteiger partial charge in [-0.3, -0.25) is 4.72 Å². The van der Waals surface area contributed by atoms with Gasteiger partial charge in [-0.1, -0.05) is 11.6 Å². The van der Waals surface area contributed by atoms with Crippen LogP contribution >= 0.6 is 23.5 Å². The minimum atomic E-state index is -4.62. The second-order valence-electron chi connectivity index (χ2n) is 4.19. The first-order valence-electron chi connectivity index (χ1n) is 5.71. The molecule has 11 heteroatoms. The van der Waals surface area contributed by atoms with E-state index in [1.807, 2.05) is 4.72 Å². The third-order valence-electron chi connectivity index (χ3n) is 2.51. The van der Waals surface area contributed by atoms with Crippen LogP contribution in [0.4, 0.5) is 18.9 Å². The first-order valence-corrected chi connectivity index (χ1v) is 7.95. The lowest BCUT2D eigenvalue weighted by molar-refractivity contribution is -0.140. The van der Waals surface area contributed by atoms with Crippen LogP contribution in [-0.2, 0) is 19.1 Å². The molecule has 1 atom stereocenters. The summed E-state index contributed by atoms with van der Waals surface area (Å²) < 4.78 is 66.5. The van der Waals surface area contributed by atoms with Gasteiger partial charge >= 0.3 is 12.1 Å². The lowest BCUT2D eigenvalue weighted by Crippen LogP contribution is -2.36. The van der Waals surface area contributed by atoms with Crippen LogP contribution < -0.4 is 4.72 Å². The zero-order valence-electron chi connectivity index (χ0n) is 10.7. The Balaban J connectivity index is 2.95. The molecule has 0 aliphatic carbocycles. The number of nitrogens with one attached hydrogen (secondary N) is 1. The smallest absolute Gasteiger partial charge is 0.346 e. The van der Waals surface area contributed by atoms with Crippen LogP contribution in [-0.4, -0.2) is 25.8 Å². The van der Waals surface area contributed by atoms with Gasteiger partial charge in [0, 0.05) is 17.1 Å². The number of benzene rings is 1. The van der Waals surface area contributed by atoms with E-state index >= 15 is 0 Å². The van der Waals surface area contributed by atoms with Crippen molar-refractivity contribution in [3.63, 3.8) is 0 Å². The van der Waals surface area contributed by atoms with Crippen LogP contribution in [0.25, 0.3) is 0 Å². The number of hydrogen-bond donors (Lipinski definition) is 1. The van der Waals surface area contributed by atoms with E-state index in [0.29, 0.717) is 5.02 Å². The Hall–Kier alpha value is -1.19. The van der Waals surface area contributed by atoms with Gasteiger partial charge in [-0.15, -0.1) is 0 Å². The van der Waals surface area contributed by atoms with Gasteiger partial charge in [-0.25, -0.2) is 13.2 Å². The number of rotatable bonds is 6. The van der Waals surface area contributed by atoms with E-state index in [4.69, 9.17) is 23.5 Å². The fourth-order valence-corrected chi connectivity index (χ4v) is 3.12. The van der Waals surface area contributed by atoms with Crippen molar-refractivity contribution in [2.24, 2.45) is 0 Å². The molecule has 1 aromatic carbocycles. The Morgan fingerprint density at radius 1 is 1.27 bits per heavy atom. The van der Waals surface area contributed by atoms with Gasteiger partial charge in [0.1, 0.15) is 11.9 Å². The van der Waals surface area contributed by atoms with Crippen molar-refractivity contribution < 1.29 is 30.7 Å². The SMILES string of the molecule is O=C(OCl)[C@@H](CCC(F)(F)F)S(=O)(=O)Nc1ccc(Cl)cc1. The van der Waals surface area contributed by atoms with Crippen LogP contribution in [0.1, 0.15) is 12.8 Å². The van der Waals surface area contributed by atoms with Gasteiger partial charge in [-0.2, -0.15) is 13.2 Å². The minimum Gasteiger partial charge on any atom is -0.346 e. The predicted molar refractivity (Wildman–Crippen MR) is 75.0 cm³/mol. The number of carbonyl (C=O) groups is 1. The molecule has 0 spiro atoms. The molecule has 0 saturated heterocycles. The summed E-state index contributed by atoms with van der Waals surface area (Å²) in [4.78, 5) is 11.4. The molecule has 0 amide bonds. The summed E-state index contributed by atoms with van der Waals surface area (Å²) in [7, 11) is -4.47. The van der Waals surface area contributed by atoms with E-state index in [-0.39, 0.29) is 5.69 Å². The molecule has 0 aliphatic rings. The Bertz CT molecular complexity index is 619. The van der Waals surface area contributed by atoms with Gasteiger partial charge in [-0.05, 0) is 30.7 Å². The monoisotopic (exact) mass is 379 g/mol. The van der Waals surface area contributed by atoms with E-state index in [9.17, 15) is 26.4 Å². The third-order valence-corrected chi connectivity index (χ3v) is 4.61. The second kappa shape index (κ2) is 7.38. The Kier molecular flexibility index (Phi) is 6.33. The van der Waals surface area contributed by atoms with E-state index in [1.54, 1.807) is 0 Å². The summed E-state index contributed by atoms with van der Waals surface area (Å²) in [6.07, 6.45) is -7.12. The quantitative estimate of drug-likeness (QED) is 0.820. The van der Waals surface area contributed by atoms with Gasteiger partial charge in [0.05, 0.1) is 0 Å². The maximum absolute atomic E-state index is 12.2. The van der Waals surface area contributed by atoms with Crippen molar-refractivity contribution in [3.05, 3.63) is 29.3 Å². The Morgan fingerprint density at radius 3 is 2.27 bits per heavy atom. The molecule has 1 aromatic rings. The standard InChI is InChI=1S/C11H10Cl2F3NO4S/c12-7-1-3-8(4-2-7)17-22(19,20)9(10(18)21-13)5-6-11(14,15)16/h1-4,9,17H,5-6H2/t9-/m1/s1. The minimum absolute atomic E-state index is 0.0313. The molecule has 0 aromatic heterocycles. The number of hydrogen-bond acceptors (Lipinski definition) is 4. The largest absolute Gasteiger partial charge is 0.389 e. The Labute approximate surface area is 134 Å². The molecule has 0 fully saturated rings. The van der Waals surface area contributed by atoms with Gasteiger partial charge in [0.2, 0.25) is 10.0 Å². The number of alkyl halides is 3. The fourth-order valence-electron chi connectivity index (χ4n) is 1.50. The van der Waals surface area contributed by atoms with Crippen LogP contribution in [0, 0.1) is 0 Å². The highest BCUT2D eigenvalue weighted by Gasteiger charge is 2.38. The first kappa shape index (κ1) is 18.9. The Morgan fingerprint density at radius 2 is 1.82 bits per heavy atom. The van der Waals surface area contributed by atoms with Gasteiger partial charge < -0.3 is 4.29 Å². The van der Waals surface area contributed by atoms with E-state index in [0.717, 1.165) is 0 Å². The summed E-state index contributed by atoms with van der Waals surface area (Å²) in [6.45, 7) is 0. The number of carbonyl (C=O) groups excluding carboxylic acids is 1. The highest BCUT2D eigenvalue weighted by molar-refractivity contribution is 7.94. The lowest BCUT2D eigenvalue weighted by atomic mass is 10.2. The topological polar surface area (TPSA) is 72.5 Å². The molecule has 124 valence electrons. The zero-order valence-corrected chi connectivity index (χ0v) is 13.1. The maximum Gasteiger partial charge on any atom is 0.389 e. The summed E-state index contributed by atoms with van der Waals surface area (Å²) in [5.74, 6) is -1.49. The van der Waals surface area contributed by atoms with E-state index in [2.05, 4.69) is 4.29 Å². The molecule has 0 unspecified atom stereocenters. The van der Waals surface area contributed by atoms with E-state index < -0.39 is 40.3 Å². The van der Waals surface area contributed by atoms with Crippen molar-refractivity contribution in [1.82, 2.24) is 0 Å². The van der Waals surface area contributed by atoms with Crippen LogP contribution in [0.15, 0.2) is 24.3 Å². The zero-order chi connectivity index (χ0) is 17.0. The molecule has 1 N–H and O–H groups in total. The lowest BCUT2D eigenvalue weighted by Gasteiger charge is -2.16. The molecular weight excluding hydrogens is 370 g/mol. The number of halogens is 5. The summed E-state index contributed by atoms with van der Waals surface area (Å²) in [5.41, 5.74) is 0.0313. The van der Waals surface area contributed by atoms with Gasteiger partial charge in [0.25, 0.3) is 0 Å². The molecular formula is C11H10Cl2F3NO4S. The third kappa shape index (κ3) is 5.90. The highest BCUT2D eigenvalue weighted by Crippen LogP contribution is 2.26. The fraction of sp³-hybridized carbons (Fsp3) is 0.364. The van der Waals surface area contributed by atoms with Crippen molar-refractivity contribution in [2.45, 2.75) is 24.3 Å². The molecule has 5 nitrogen and oxygen atoms in total. The normalized spacial score (nSPS) is 13.5. The summed E-state index contributed by atoms with van der Waals surface area (Å²) in [5, 5.41) is -1.76. The van der Waals surface area contributed by atoms with Crippen molar-refractivity contribution in [2.75, 3.05) is 4.72 Å². The highest BCUT2D eigenvalue weighted by atomic mass is 35.5. The average molecular weight is 380 g/mol. The molecule has 0 radical (unpaired) electrons. The van der Waals surface area contributed by atoms with Crippen molar-refractivity contribution >= 4 is 45.1 Å². The van der Waals surface area contributed by atoms with Crippen molar-refractivity contribution in [1.29, 1.82) is 0 Å². The number of anilines is 1. The van der Waals surface area contributed by atoms with Crippen molar-refractivity contribution in [3.8, 4) is 0 Å². The molecule has 0 heterocycles. The molecule has 22 heavy (non-hydrogen) atoms. The van der Waals surface area contributed by atoms with E-state index in [1.165, 1.54) is 24.3 Å². The number of sulfonamides is 1. The summed E-state index contributed by atoms with van der Waals surface area (Å²) in [6, 6.07) is 5.30. The summed E-state index contributed by atoms with van der Waals surface area (Å²) >= 11 is 10.4. The first-order chi connectivity index (χ1) is 10.0.